The van der Waals surface area contributed by atoms with Crippen molar-refractivity contribution in [1.29, 1.82) is 0 Å². The lowest BCUT2D eigenvalue weighted by atomic mass is 9.96. The lowest BCUT2D eigenvalue weighted by molar-refractivity contribution is -0.156. The van der Waals surface area contributed by atoms with Crippen molar-refractivity contribution >= 4 is 35.5 Å². The van der Waals surface area contributed by atoms with Gasteiger partial charge in [-0.3, -0.25) is 9.59 Å². The van der Waals surface area contributed by atoms with E-state index >= 15 is 0 Å². The van der Waals surface area contributed by atoms with Crippen LogP contribution in [-0.4, -0.2) is 41.7 Å². The van der Waals surface area contributed by atoms with Gasteiger partial charge in [0.1, 0.15) is 0 Å². The highest BCUT2D eigenvalue weighted by molar-refractivity contribution is 8.18. The van der Waals surface area contributed by atoms with Crippen LogP contribution in [0.5, 0.6) is 0 Å². The predicted octanol–water partition coefficient (Wildman–Crippen LogP) is 1.93. The highest BCUT2D eigenvalue weighted by Gasteiger charge is 2.53. The third-order valence-electron chi connectivity index (χ3n) is 3.57. The van der Waals surface area contributed by atoms with Gasteiger partial charge in [0.15, 0.2) is 0 Å². The molecule has 2 fully saturated rings. The summed E-state index contributed by atoms with van der Waals surface area (Å²) in [5, 5.41) is 0. The number of ether oxygens (including phenoxy) is 2. The van der Waals surface area contributed by atoms with Crippen molar-refractivity contribution in [2.24, 2.45) is 11.8 Å². The molecule has 6 heteroatoms. The summed E-state index contributed by atoms with van der Waals surface area (Å²) in [6.45, 7) is 0. The maximum Gasteiger partial charge on any atom is 0.309 e. The van der Waals surface area contributed by atoms with Gasteiger partial charge in [-0.15, -0.1) is 23.5 Å². The minimum absolute atomic E-state index is 0.00988. The van der Waals surface area contributed by atoms with E-state index in [2.05, 4.69) is 0 Å². The van der Waals surface area contributed by atoms with E-state index in [1.54, 1.807) is 0 Å². The molecule has 2 aliphatic rings. The molecule has 1 saturated heterocycles. The average Bonchev–Trinajstić information content (AvgIpc) is 2.77. The molecule has 1 aliphatic carbocycles. The van der Waals surface area contributed by atoms with Gasteiger partial charge in [0, 0.05) is 0 Å². The van der Waals surface area contributed by atoms with Gasteiger partial charge < -0.3 is 9.47 Å². The zero-order chi connectivity index (χ0) is 13.2. The number of hydrogen-bond acceptors (Lipinski definition) is 6. The zero-order valence-electron chi connectivity index (χ0n) is 10.6. The Balaban J connectivity index is 2.16. The Morgan fingerprint density at radius 1 is 1.00 bits per heavy atom. The van der Waals surface area contributed by atoms with Crippen molar-refractivity contribution in [3.63, 3.8) is 0 Å². The van der Waals surface area contributed by atoms with E-state index in [1.165, 1.54) is 20.6 Å². The molecule has 0 radical (unpaired) electrons. The molecule has 1 aliphatic heterocycles. The molecule has 0 N–H and O–H groups in total. The summed E-state index contributed by atoms with van der Waals surface area (Å²) in [5.74, 6) is 0.952. The Morgan fingerprint density at radius 2 is 1.44 bits per heavy atom. The minimum atomic E-state index is -0.347. The van der Waals surface area contributed by atoms with Gasteiger partial charge in [-0.05, 0) is 30.8 Å². The van der Waals surface area contributed by atoms with Crippen molar-refractivity contribution in [3.05, 3.63) is 0 Å². The van der Waals surface area contributed by atoms with Gasteiger partial charge in [-0.2, -0.15) is 0 Å². The average molecular weight is 290 g/mol. The third kappa shape index (κ3) is 2.64. The second-order valence-electron chi connectivity index (χ2n) is 4.63. The number of rotatable bonds is 2. The first-order valence-electron chi connectivity index (χ1n) is 6.05. The van der Waals surface area contributed by atoms with Crippen LogP contribution in [0.3, 0.4) is 0 Å². The Labute approximate surface area is 116 Å². The fourth-order valence-electron chi connectivity index (χ4n) is 2.69. The zero-order valence-corrected chi connectivity index (χ0v) is 12.3. The fraction of sp³-hybridized carbons (Fsp3) is 0.833. The lowest BCUT2D eigenvalue weighted by Crippen LogP contribution is -2.27. The van der Waals surface area contributed by atoms with Crippen molar-refractivity contribution in [2.75, 3.05) is 25.7 Å². The summed E-state index contributed by atoms with van der Waals surface area (Å²) in [6.07, 6.45) is 2.63. The molecule has 102 valence electrons. The Kier molecular flexibility index (Phi) is 4.48. The van der Waals surface area contributed by atoms with E-state index in [0.29, 0.717) is 0 Å². The van der Waals surface area contributed by atoms with Gasteiger partial charge in [-0.25, -0.2) is 0 Å². The quantitative estimate of drug-likeness (QED) is 0.724. The van der Waals surface area contributed by atoms with Crippen LogP contribution < -0.4 is 0 Å². The van der Waals surface area contributed by atoms with Gasteiger partial charge in [0.25, 0.3) is 0 Å². The second kappa shape index (κ2) is 5.74. The topological polar surface area (TPSA) is 52.6 Å². The summed E-state index contributed by atoms with van der Waals surface area (Å²) in [7, 11) is 2.76. The van der Waals surface area contributed by atoms with Gasteiger partial charge in [-0.1, -0.05) is 0 Å². The van der Waals surface area contributed by atoms with E-state index < -0.39 is 0 Å². The molecule has 0 aromatic rings. The summed E-state index contributed by atoms with van der Waals surface area (Å²) in [4.78, 5) is 23.6. The molecular weight excluding hydrogens is 272 g/mol. The molecule has 2 rings (SSSR count). The van der Waals surface area contributed by atoms with Crippen LogP contribution in [0.25, 0.3) is 0 Å². The van der Waals surface area contributed by atoms with Crippen LogP contribution in [0, 0.1) is 11.8 Å². The Morgan fingerprint density at radius 3 is 1.83 bits per heavy atom. The highest BCUT2D eigenvalue weighted by Crippen LogP contribution is 2.57. The lowest BCUT2D eigenvalue weighted by Gasteiger charge is -2.32. The standard InChI is InChI=1S/C12H18O4S2/c1-15-10(13)8-6-12(17-4-3-5-18-12)7-9(8)11(14)16-2/h8-9H,3-7H2,1-2H3/t8-,9-/m1/s1. The van der Waals surface area contributed by atoms with Crippen LogP contribution in [-0.2, 0) is 19.1 Å². The maximum absolute atomic E-state index is 11.8. The summed E-state index contributed by atoms with van der Waals surface area (Å²) in [5.41, 5.74) is 0. The van der Waals surface area contributed by atoms with Crippen LogP contribution in [0.15, 0.2) is 0 Å². The normalized spacial score (nSPS) is 30.1. The molecule has 4 nitrogen and oxygen atoms in total. The smallest absolute Gasteiger partial charge is 0.309 e. The summed E-state index contributed by atoms with van der Waals surface area (Å²) >= 11 is 3.77. The fourth-order valence-corrected chi connectivity index (χ4v) is 6.22. The molecule has 2 atom stereocenters. The maximum atomic E-state index is 11.8. The van der Waals surface area contributed by atoms with Crippen LogP contribution in [0.4, 0.5) is 0 Å². The SMILES string of the molecule is COC(=O)[C@@H]1CC2(C[C@H]1C(=O)OC)SCCCS2. The van der Waals surface area contributed by atoms with Gasteiger partial charge in [0.05, 0.1) is 30.1 Å². The molecule has 0 amide bonds. The van der Waals surface area contributed by atoms with Crippen molar-refractivity contribution in [2.45, 2.75) is 23.3 Å². The predicted molar refractivity (Wildman–Crippen MR) is 72.5 cm³/mol. The van der Waals surface area contributed by atoms with Crippen LogP contribution >= 0.6 is 23.5 Å². The first-order chi connectivity index (χ1) is 8.62. The van der Waals surface area contributed by atoms with Crippen molar-refractivity contribution in [1.82, 2.24) is 0 Å². The minimum Gasteiger partial charge on any atom is -0.469 e. The summed E-state index contributed by atoms with van der Waals surface area (Å²) in [6, 6.07) is 0. The number of methoxy groups -OCH3 is 2. The molecule has 1 saturated carbocycles. The number of esters is 2. The van der Waals surface area contributed by atoms with Crippen molar-refractivity contribution in [3.8, 4) is 0 Å². The molecular formula is C12H18O4S2. The van der Waals surface area contributed by atoms with E-state index in [-0.39, 0.29) is 27.9 Å². The third-order valence-corrected chi connectivity index (χ3v) is 6.99. The number of hydrogen-bond donors (Lipinski definition) is 0. The molecule has 1 heterocycles. The van der Waals surface area contributed by atoms with Crippen molar-refractivity contribution < 1.29 is 19.1 Å². The van der Waals surface area contributed by atoms with E-state index in [0.717, 1.165) is 24.3 Å². The number of thioether (sulfide) groups is 2. The van der Waals surface area contributed by atoms with Gasteiger partial charge >= 0.3 is 11.9 Å². The van der Waals surface area contributed by atoms with E-state index in [1.807, 2.05) is 23.5 Å². The van der Waals surface area contributed by atoms with Gasteiger partial charge in [0.2, 0.25) is 0 Å². The first kappa shape index (κ1) is 14.1. The van der Waals surface area contributed by atoms with Crippen LogP contribution in [0.1, 0.15) is 19.3 Å². The molecule has 0 aromatic carbocycles. The second-order valence-corrected chi connectivity index (χ2v) is 7.84. The van der Waals surface area contributed by atoms with E-state index in [9.17, 15) is 9.59 Å². The molecule has 0 aromatic heterocycles. The van der Waals surface area contributed by atoms with Crippen LogP contribution in [0.2, 0.25) is 0 Å². The molecule has 1 spiro atoms. The molecule has 0 bridgehead atoms. The molecule has 18 heavy (non-hydrogen) atoms. The Bertz CT molecular complexity index is 313. The van der Waals surface area contributed by atoms with E-state index in [4.69, 9.17) is 9.47 Å². The number of carbonyl (C=O) groups is 2. The first-order valence-corrected chi connectivity index (χ1v) is 8.02. The Hall–Kier alpha value is -0.360. The highest BCUT2D eigenvalue weighted by atomic mass is 32.2. The monoisotopic (exact) mass is 290 g/mol. The largest absolute Gasteiger partial charge is 0.469 e. The molecule has 0 unspecified atom stereocenters. The summed E-state index contributed by atoms with van der Waals surface area (Å²) < 4.78 is 9.67. The number of carbonyl (C=O) groups excluding carboxylic acids is 2.